The smallest absolute Gasteiger partial charge is 0.306 e. The normalized spacial score (nSPS) is 17.3. The Labute approximate surface area is 151 Å². The fourth-order valence-corrected chi connectivity index (χ4v) is 3.60. The van der Waals surface area contributed by atoms with Gasteiger partial charge in [-0.3, -0.25) is 9.69 Å². The molecule has 1 aliphatic rings. The highest BCUT2D eigenvalue weighted by atomic mass is 32.1. The molecule has 0 aromatic carbocycles. The quantitative estimate of drug-likeness (QED) is 0.670. The maximum absolute atomic E-state index is 11.5. The zero-order valence-corrected chi connectivity index (χ0v) is 15.5. The molecule has 3 heterocycles. The van der Waals surface area contributed by atoms with Crippen molar-refractivity contribution in [1.82, 2.24) is 9.88 Å². The summed E-state index contributed by atoms with van der Waals surface area (Å²) < 4.78 is 16.3. The number of hydrogen-bond acceptors (Lipinski definition) is 7. The van der Waals surface area contributed by atoms with Crippen LogP contribution in [0.1, 0.15) is 30.7 Å². The van der Waals surface area contributed by atoms with E-state index in [1.807, 2.05) is 24.4 Å². The lowest BCUT2D eigenvalue weighted by atomic mass is 10.2. The first-order valence-electron chi connectivity index (χ1n) is 8.56. The molecule has 0 N–H and O–H groups in total. The number of ether oxygens (including phenoxy) is 2. The van der Waals surface area contributed by atoms with E-state index in [-0.39, 0.29) is 12.1 Å². The number of thiophene rings is 1. The number of carbonyl (C=O) groups is 1. The van der Waals surface area contributed by atoms with Crippen LogP contribution >= 0.6 is 11.3 Å². The number of aromatic nitrogens is 1. The van der Waals surface area contributed by atoms with Gasteiger partial charge in [-0.25, -0.2) is 4.98 Å². The van der Waals surface area contributed by atoms with Crippen LogP contribution in [0.5, 0.6) is 0 Å². The Morgan fingerprint density at radius 3 is 3.08 bits per heavy atom. The summed E-state index contributed by atoms with van der Waals surface area (Å²) in [4.78, 5) is 19.4. The molecule has 0 amide bonds. The van der Waals surface area contributed by atoms with Gasteiger partial charge in [0.2, 0.25) is 5.89 Å². The molecule has 1 saturated heterocycles. The fourth-order valence-electron chi connectivity index (χ4n) is 2.95. The fraction of sp³-hybridized carbons (Fsp3) is 0.556. The average Bonchev–Trinajstić information content (AvgIpc) is 3.35. The molecule has 1 atom stereocenters. The highest BCUT2D eigenvalue weighted by Crippen LogP contribution is 2.26. The van der Waals surface area contributed by atoms with Crippen molar-refractivity contribution in [3.63, 3.8) is 0 Å². The molecule has 2 aromatic heterocycles. The number of hydrogen-bond donors (Lipinski definition) is 0. The summed E-state index contributed by atoms with van der Waals surface area (Å²) in [5.41, 5.74) is 0.909. The van der Waals surface area contributed by atoms with Gasteiger partial charge in [0.25, 0.3) is 0 Å². The third kappa shape index (κ3) is 4.90. The summed E-state index contributed by atoms with van der Waals surface area (Å²) in [5.74, 6) is 1.28. The topological polar surface area (TPSA) is 64.8 Å². The van der Waals surface area contributed by atoms with Crippen molar-refractivity contribution in [2.24, 2.45) is 0 Å². The van der Waals surface area contributed by atoms with Crippen LogP contribution < -0.4 is 0 Å². The van der Waals surface area contributed by atoms with Crippen LogP contribution in [0, 0.1) is 6.92 Å². The second kappa shape index (κ2) is 8.60. The highest BCUT2D eigenvalue weighted by molar-refractivity contribution is 7.13. The minimum atomic E-state index is -0.200. The highest BCUT2D eigenvalue weighted by Gasteiger charge is 2.22. The van der Waals surface area contributed by atoms with E-state index in [9.17, 15) is 4.79 Å². The van der Waals surface area contributed by atoms with Gasteiger partial charge in [0.1, 0.15) is 5.76 Å². The molecular formula is C18H24N2O4S. The molecule has 1 unspecified atom stereocenters. The van der Waals surface area contributed by atoms with Gasteiger partial charge in [-0.2, -0.15) is 0 Å². The molecule has 2 aromatic rings. The van der Waals surface area contributed by atoms with Crippen molar-refractivity contribution in [3.8, 4) is 10.8 Å². The molecule has 0 bridgehead atoms. The molecule has 0 spiro atoms. The third-order valence-electron chi connectivity index (χ3n) is 4.34. The Morgan fingerprint density at radius 1 is 1.52 bits per heavy atom. The van der Waals surface area contributed by atoms with E-state index in [1.54, 1.807) is 11.3 Å². The van der Waals surface area contributed by atoms with Gasteiger partial charge in [0.05, 0.1) is 30.2 Å². The predicted octanol–water partition coefficient (Wildman–Crippen LogP) is 3.26. The number of rotatable bonds is 8. The lowest BCUT2D eigenvalue weighted by Crippen LogP contribution is -2.34. The molecule has 1 fully saturated rings. The summed E-state index contributed by atoms with van der Waals surface area (Å²) in [5, 5.41) is 2.01. The zero-order chi connectivity index (χ0) is 17.6. The largest absolute Gasteiger partial charge is 0.469 e. The summed E-state index contributed by atoms with van der Waals surface area (Å²) in [6.07, 6.45) is 2.74. The van der Waals surface area contributed by atoms with E-state index in [1.165, 1.54) is 7.11 Å². The number of aryl methyl sites for hydroxylation is 1. The molecule has 0 saturated carbocycles. The van der Waals surface area contributed by atoms with Gasteiger partial charge in [-0.1, -0.05) is 6.07 Å². The number of oxazole rings is 1. The van der Waals surface area contributed by atoms with Crippen molar-refractivity contribution >= 4 is 17.3 Å². The molecule has 7 heteroatoms. The number of nitrogens with zero attached hydrogens (tertiary/aromatic N) is 2. The molecule has 3 rings (SSSR count). The second-order valence-corrected chi connectivity index (χ2v) is 7.14. The lowest BCUT2D eigenvalue weighted by Gasteiger charge is -2.24. The third-order valence-corrected chi connectivity index (χ3v) is 5.20. The summed E-state index contributed by atoms with van der Waals surface area (Å²) in [7, 11) is 1.42. The first-order valence-corrected chi connectivity index (χ1v) is 9.44. The average molecular weight is 364 g/mol. The van der Waals surface area contributed by atoms with Crippen molar-refractivity contribution in [3.05, 3.63) is 29.0 Å². The van der Waals surface area contributed by atoms with E-state index in [0.29, 0.717) is 25.4 Å². The van der Waals surface area contributed by atoms with Crippen LogP contribution in [0.3, 0.4) is 0 Å². The van der Waals surface area contributed by atoms with Crippen LogP contribution in [0.4, 0.5) is 0 Å². The van der Waals surface area contributed by atoms with Gasteiger partial charge in [-0.05, 0) is 31.2 Å². The Kier molecular flexibility index (Phi) is 6.23. The van der Waals surface area contributed by atoms with Gasteiger partial charge in [-0.15, -0.1) is 11.3 Å². The second-order valence-electron chi connectivity index (χ2n) is 6.20. The maximum Gasteiger partial charge on any atom is 0.306 e. The summed E-state index contributed by atoms with van der Waals surface area (Å²) in [6, 6.07) is 3.99. The number of carbonyl (C=O) groups excluding carboxylic acids is 1. The summed E-state index contributed by atoms with van der Waals surface area (Å²) in [6.45, 7) is 4.80. The van der Waals surface area contributed by atoms with Crippen LogP contribution in [-0.4, -0.2) is 48.8 Å². The van der Waals surface area contributed by atoms with E-state index in [0.717, 1.165) is 42.3 Å². The van der Waals surface area contributed by atoms with Crippen molar-refractivity contribution in [2.75, 3.05) is 26.8 Å². The molecule has 25 heavy (non-hydrogen) atoms. The number of methoxy groups -OCH3 is 1. The van der Waals surface area contributed by atoms with Crippen LogP contribution in [0.25, 0.3) is 10.8 Å². The van der Waals surface area contributed by atoms with Gasteiger partial charge >= 0.3 is 5.97 Å². The van der Waals surface area contributed by atoms with Gasteiger partial charge < -0.3 is 13.9 Å². The van der Waals surface area contributed by atoms with Crippen LogP contribution in [0.2, 0.25) is 0 Å². The van der Waals surface area contributed by atoms with E-state index in [2.05, 4.69) is 9.88 Å². The minimum absolute atomic E-state index is 0.200. The van der Waals surface area contributed by atoms with E-state index < -0.39 is 0 Å². The number of esters is 1. The Morgan fingerprint density at radius 2 is 2.40 bits per heavy atom. The molecular weight excluding hydrogens is 340 g/mol. The molecule has 0 radical (unpaired) electrons. The predicted molar refractivity (Wildman–Crippen MR) is 95.4 cm³/mol. The Bertz CT molecular complexity index is 677. The molecule has 1 aliphatic heterocycles. The van der Waals surface area contributed by atoms with Crippen molar-refractivity contribution in [1.29, 1.82) is 0 Å². The van der Waals surface area contributed by atoms with Crippen molar-refractivity contribution in [2.45, 2.75) is 38.8 Å². The standard InChI is InChI=1S/C18H24N2O4S/c1-13-15(19-18(24-13)16-6-4-10-25-16)12-20(8-7-17(21)22-2)11-14-5-3-9-23-14/h4,6,10,14H,3,5,7-9,11-12H2,1-2H3. The van der Waals surface area contributed by atoms with E-state index in [4.69, 9.17) is 13.9 Å². The minimum Gasteiger partial charge on any atom is -0.469 e. The van der Waals surface area contributed by atoms with Gasteiger partial charge in [0, 0.05) is 26.2 Å². The first kappa shape index (κ1) is 18.1. The molecule has 136 valence electrons. The molecule has 6 nitrogen and oxygen atoms in total. The Balaban J connectivity index is 1.68. The monoisotopic (exact) mass is 364 g/mol. The lowest BCUT2D eigenvalue weighted by molar-refractivity contribution is -0.141. The molecule has 0 aliphatic carbocycles. The van der Waals surface area contributed by atoms with E-state index >= 15 is 0 Å². The first-order chi connectivity index (χ1) is 12.2. The summed E-state index contributed by atoms with van der Waals surface area (Å²) >= 11 is 1.61. The SMILES string of the molecule is COC(=O)CCN(Cc1nc(-c2cccs2)oc1C)CC1CCCO1. The van der Waals surface area contributed by atoms with Crippen molar-refractivity contribution < 1.29 is 18.7 Å². The zero-order valence-electron chi connectivity index (χ0n) is 14.7. The van der Waals surface area contributed by atoms with Crippen LogP contribution in [-0.2, 0) is 20.8 Å². The van der Waals surface area contributed by atoms with Crippen LogP contribution in [0.15, 0.2) is 21.9 Å². The van der Waals surface area contributed by atoms with Gasteiger partial charge in [0.15, 0.2) is 0 Å². The Hall–Kier alpha value is -1.70. The maximum atomic E-state index is 11.5.